The van der Waals surface area contributed by atoms with Gasteiger partial charge in [-0.05, 0) is 56.0 Å². The third-order valence-corrected chi connectivity index (χ3v) is 4.48. The third-order valence-electron chi connectivity index (χ3n) is 4.06. The van der Waals surface area contributed by atoms with E-state index >= 15 is 0 Å². The number of aryl methyl sites for hydroxylation is 1. The summed E-state index contributed by atoms with van der Waals surface area (Å²) in [6.07, 6.45) is 4.46. The molecule has 1 aliphatic carbocycles. The van der Waals surface area contributed by atoms with Crippen molar-refractivity contribution in [3.05, 3.63) is 28.8 Å². The first kappa shape index (κ1) is 16.1. The molecule has 0 saturated heterocycles. The molecule has 0 spiro atoms. The van der Waals surface area contributed by atoms with Gasteiger partial charge in [0.1, 0.15) is 5.75 Å². The molecule has 2 unspecified atom stereocenters. The summed E-state index contributed by atoms with van der Waals surface area (Å²) < 4.78 is 5.51. The lowest BCUT2D eigenvalue weighted by atomic mass is 9.84. The first-order chi connectivity index (χ1) is 10.1. The second kappa shape index (κ2) is 7.66. The number of nitrogens with one attached hydrogen (secondary N) is 1. The van der Waals surface area contributed by atoms with Gasteiger partial charge in [0.2, 0.25) is 0 Å². The van der Waals surface area contributed by atoms with Crippen molar-refractivity contribution < 1.29 is 9.53 Å². The minimum atomic E-state index is -0.0899. The Balaban J connectivity index is 1.82. The number of carbonyl (C=O) groups is 1. The molecule has 0 bridgehead atoms. The summed E-state index contributed by atoms with van der Waals surface area (Å²) >= 11 is 5.96. The summed E-state index contributed by atoms with van der Waals surface area (Å²) in [5.41, 5.74) is 6.71. The highest BCUT2D eigenvalue weighted by Gasteiger charge is 2.25. The molecule has 1 aromatic rings. The maximum atomic E-state index is 12.0. The summed E-state index contributed by atoms with van der Waals surface area (Å²) in [5.74, 6) is 0.958. The van der Waals surface area contributed by atoms with Crippen LogP contribution in [-0.2, 0) is 4.79 Å². The maximum Gasteiger partial charge on any atom is 0.258 e. The number of amides is 1. The van der Waals surface area contributed by atoms with Gasteiger partial charge in [-0.1, -0.05) is 24.4 Å². The molecule has 2 atom stereocenters. The molecule has 0 aromatic heterocycles. The van der Waals surface area contributed by atoms with E-state index in [4.69, 9.17) is 22.1 Å². The lowest BCUT2D eigenvalue weighted by Gasteiger charge is -2.31. The second-order valence-corrected chi connectivity index (χ2v) is 6.06. The highest BCUT2D eigenvalue weighted by molar-refractivity contribution is 6.31. The molecule has 116 valence electrons. The van der Waals surface area contributed by atoms with E-state index in [2.05, 4.69) is 5.32 Å². The molecule has 0 aliphatic heterocycles. The Kier molecular flexibility index (Phi) is 5.88. The van der Waals surface area contributed by atoms with E-state index in [0.717, 1.165) is 24.8 Å². The Morgan fingerprint density at radius 3 is 2.90 bits per heavy atom. The molecule has 5 heteroatoms. The standard InChI is InChI=1S/C16H23ClN2O2/c1-11-8-13(6-7-14(11)17)21-10-16(20)19-15-5-3-2-4-12(15)9-18/h6-8,12,15H,2-5,9-10,18H2,1H3,(H,19,20). The van der Waals surface area contributed by atoms with E-state index in [9.17, 15) is 4.79 Å². The molecule has 0 radical (unpaired) electrons. The normalized spacial score (nSPS) is 21.9. The van der Waals surface area contributed by atoms with E-state index in [0.29, 0.717) is 23.2 Å². The number of rotatable bonds is 5. The van der Waals surface area contributed by atoms with Crippen LogP contribution in [0.5, 0.6) is 5.75 Å². The number of benzene rings is 1. The number of hydrogen-bond acceptors (Lipinski definition) is 3. The van der Waals surface area contributed by atoms with Crippen LogP contribution in [0.4, 0.5) is 0 Å². The zero-order valence-electron chi connectivity index (χ0n) is 12.4. The van der Waals surface area contributed by atoms with Crippen molar-refractivity contribution in [3.63, 3.8) is 0 Å². The second-order valence-electron chi connectivity index (χ2n) is 5.65. The smallest absolute Gasteiger partial charge is 0.258 e. The van der Waals surface area contributed by atoms with Crippen molar-refractivity contribution in [2.24, 2.45) is 11.7 Å². The number of halogens is 1. The largest absolute Gasteiger partial charge is 0.484 e. The molecular formula is C16H23ClN2O2. The Morgan fingerprint density at radius 1 is 1.43 bits per heavy atom. The monoisotopic (exact) mass is 310 g/mol. The van der Waals surface area contributed by atoms with Crippen molar-refractivity contribution in [1.29, 1.82) is 0 Å². The summed E-state index contributed by atoms with van der Waals surface area (Å²) in [5, 5.41) is 3.74. The molecule has 0 heterocycles. The van der Waals surface area contributed by atoms with E-state index in [-0.39, 0.29) is 18.6 Å². The number of hydrogen-bond donors (Lipinski definition) is 2. The van der Waals surface area contributed by atoms with E-state index in [1.165, 1.54) is 6.42 Å². The van der Waals surface area contributed by atoms with Gasteiger partial charge in [0.25, 0.3) is 5.91 Å². The average molecular weight is 311 g/mol. The van der Waals surface area contributed by atoms with Crippen LogP contribution in [0, 0.1) is 12.8 Å². The maximum absolute atomic E-state index is 12.0. The van der Waals surface area contributed by atoms with Crippen molar-refractivity contribution in [2.75, 3.05) is 13.2 Å². The van der Waals surface area contributed by atoms with E-state index in [1.807, 2.05) is 13.0 Å². The van der Waals surface area contributed by atoms with Gasteiger partial charge in [-0.25, -0.2) is 0 Å². The Hall–Kier alpha value is -1.26. The van der Waals surface area contributed by atoms with Crippen LogP contribution >= 0.6 is 11.6 Å². The SMILES string of the molecule is Cc1cc(OCC(=O)NC2CCCCC2CN)ccc1Cl. The zero-order chi connectivity index (χ0) is 15.2. The predicted molar refractivity (Wildman–Crippen MR) is 84.6 cm³/mol. The Bertz CT molecular complexity index is 493. The summed E-state index contributed by atoms with van der Waals surface area (Å²) in [4.78, 5) is 12.0. The van der Waals surface area contributed by atoms with Gasteiger partial charge in [-0.3, -0.25) is 4.79 Å². The average Bonchev–Trinajstić information content (AvgIpc) is 2.49. The van der Waals surface area contributed by atoms with Crippen LogP contribution < -0.4 is 15.8 Å². The van der Waals surface area contributed by atoms with Crippen LogP contribution in [0.3, 0.4) is 0 Å². The minimum absolute atomic E-state index is 0.0227. The number of carbonyl (C=O) groups excluding carboxylic acids is 1. The lowest BCUT2D eigenvalue weighted by Crippen LogP contribution is -2.46. The summed E-state index contributed by atoms with van der Waals surface area (Å²) in [6, 6.07) is 5.56. The Morgan fingerprint density at radius 2 is 2.19 bits per heavy atom. The molecule has 2 rings (SSSR count). The Labute approximate surface area is 131 Å². The zero-order valence-corrected chi connectivity index (χ0v) is 13.2. The molecule has 1 aliphatic rings. The molecule has 4 nitrogen and oxygen atoms in total. The summed E-state index contributed by atoms with van der Waals surface area (Å²) in [6.45, 7) is 2.56. The van der Waals surface area contributed by atoms with Crippen LogP contribution in [-0.4, -0.2) is 25.1 Å². The van der Waals surface area contributed by atoms with Crippen LogP contribution in [0.1, 0.15) is 31.2 Å². The molecule has 1 saturated carbocycles. The van der Waals surface area contributed by atoms with Gasteiger partial charge in [0.05, 0.1) is 0 Å². The minimum Gasteiger partial charge on any atom is -0.484 e. The van der Waals surface area contributed by atoms with Crippen LogP contribution in [0.2, 0.25) is 5.02 Å². The first-order valence-corrected chi connectivity index (χ1v) is 7.86. The van der Waals surface area contributed by atoms with Gasteiger partial charge >= 0.3 is 0 Å². The van der Waals surface area contributed by atoms with Gasteiger partial charge in [0, 0.05) is 11.1 Å². The fraction of sp³-hybridized carbons (Fsp3) is 0.562. The van der Waals surface area contributed by atoms with Gasteiger partial charge < -0.3 is 15.8 Å². The van der Waals surface area contributed by atoms with E-state index < -0.39 is 0 Å². The topological polar surface area (TPSA) is 64.3 Å². The third kappa shape index (κ3) is 4.61. The number of ether oxygens (including phenoxy) is 1. The fourth-order valence-electron chi connectivity index (χ4n) is 2.78. The fourth-order valence-corrected chi connectivity index (χ4v) is 2.90. The molecule has 1 amide bonds. The molecule has 1 aromatic carbocycles. The highest BCUT2D eigenvalue weighted by atomic mass is 35.5. The van der Waals surface area contributed by atoms with E-state index in [1.54, 1.807) is 12.1 Å². The lowest BCUT2D eigenvalue weighted by molar-refractivity contribution is -0.124. The van der Waals surface area contributed by atoms with Crippen LogP contribution in [0.25, 0.3) is 0 Å². The van der Waals surface area contributed by atoms with Crippen molar-refractivity contribution in [3.8, 4) is 5.75 Å². The van der Waals surface area contributed by atoms with Gasteiger partial charge in [0.15, 0.2) is 6.61 Å². The van der Waals surface area contributed by atoms with Crippen molar-refractivity contribution in [1.82, 2.24) is 5.32 Å². The highest BCUT2D eigenvalue weighted by Crippen LogP contribution is 2.24. The van der Waals surface area contributed by atoms with Crippen molar-refractivity contribution >= 4 is 17.5 Å². The first-order valence-electron chi connectivity index (χ1n) is 7.48. The molecular weight excluding hydrogens is 288 g/mol. The van der Waals surface area contributed by atoms with Gasteiger partial charge in [-0.15, -0.1) is 0 Å². The number of nitrogens with two attached hydrogens (primary N) is 1. The quantitative estimate of drug-likeness (QED) is 0.879. The molecule has 21 heavy (non-hydrogen) atoms. The van der Waals surface area contributed by atoms with Crippen molar-refractivity contribution in [2.45, 2.75) is 38.6 Å². The molecule has 3 N–H and O–H groups in total. The molecule has 1 fully saturated rings. The van der Waals surface area contributed by atoms with Gasteiger partial charge in [-0.2, -0.15) is 0 Å². The van der Waals surface area contributed by atoms with Crippen LogP contribution in [0.15, 0.2) is 18.2 Å². The summed E-state index contributed by atoms with van der Waals surface area (Å²) in [7, 11) is 0. The predicted octanol–water partition coefficient (Wildman–Crippen LogP) is 2.66.